The van der Waals surface area contributed by atoms with E-state index in [4.69, 9.17) is 0 Å². The Morgan fingerprint density at radius 1 is 0.969 bits per heavy atom. The Hall–Kier alpha value is -3.09. The second kappa shape index (κ2) is 8.81. The molecule has 0 saturated carbocycles. The van der Waals surface area contributed by atoms with Crippen LogP contribution in [0.3, 0.4) is 0 Å². The van der Waals surface area contributed by atoms with Gasteiger partial charge in [-0.2, -0.15) is 0 Å². The van der Waals surface area contributed by atoms with Gasteiger partial charge >= 0.3 is 0 Å². The third-order valence-electron chi connectivity index (χ3n) is 5.36. The van der Waals surface area contributed by atoms with Gasteiger partial charge in [0.25, 0.3) is 5.91 Å². The highest BCUT2D eigenvalue weighted by Crippen LogP contribution is 2.35. The van der Waals surface area contributed by atoms with Gasteiger partial charge in [0.05, 0.1) is 10.6 Å². The van der Waals surface area contributed by atoms with Crippen LogP contribution in [0.15, 0.2) is 99.4 Å². The number of aliphatic imine (C=N–C) groups is 1. The molecular weight excluding hydrogens is 482 g/mol. The molecule has 1 amide bonds. The smallest absolute Gasteiger partial charge is 0.266 e. The molecule has 6 heteroatoms. The Kier molecular flexibility index (Phi) is 5.72. The van der Waals surface area contributed by atoms with Crippen molar-refractivity contribution in [2.45, 2.75) is 6.54 Å². The third kappa shape index (κ3) is 4.16. The predicted molar refractivity (Wildman–Crippen MR) is 137 cm³/mol. The number of hydrogen-bond acceptors (Lipinski definition) is 3. The van der Waals surface area contributed by atoms with E-state index in [1.807, 2.05) is 48.5 Å². The van der Waals surface area contributed by atoms with E-state index in [2.05, 4.69) is 68.1 Å². The molecule has 0 unspecified atom stereocenters. The van der Waals surface area contributed by atoms with Gasteiger partial charge in [0.15, 0.2) is 5.17 Å². The molecule has 0 bridgehead atoms. The average Bonchev–Trinajstić information content (AvgIpc) is 3.28. The van der Waals surface area contributed by atoms with Gasteiger partial charge in [-0.05, 0) is 53.7 Å². The number of amidine groups is 1. The van der Waals surface area contributed by atoms with Crippen LogP contribution in [-0.4, -0.2) is 27.6 Å². The van der Waals surface area contributed by atoms with Crippen LogP contribution in [-0.2, 0) is 11.3 Å². The highest BCUT2D eigenvalue weighted by atomic mass is 79.9. The monoisotopic (exact) mass is 501 g/mol. The van der Waals surface area contributed by atoms with Crippen molar-refractivity contribution < 1.29 is 4.79 Å². The second-order valence-corrected chi connectivity index (χ2v) is 9.49. The molecule has 2 heterocycles. The van der Waals surface area contributed by atoms with Crippen LogP contribution in [0, 0.1) is 0 Å². The number of fused-ring (bicyclic) bond motifs is 1. The number of para-hydroxylation sites is 1. The lowest BCUT2D eigenvalue weighted by molar-refractivity contribution is -0.121. The van der Waals surface area contributed by atoms with Crippen molar-refractivity contribution >= 4 is 61.4 Å². The number of nitrogens with zero attached hydrogens (tertiary/aromatic N) is 3. The van der Waals surface area contributed by atoms with Crippen LogP contribution in [0.1, 0.15) is 11.1 Å². The van der Waals surface area contributed by atoms with Gasteiger partial charge in [-0.25, -0.2) is 4.99 Å². The van der Waals surface area contributed by atoms with Crippen molar-refractivity contribution in [1.82, 2.24) is 9.47 Å². The molecule has 0 aliphatic carbocycles. The number of carbonyl (C=O) groups is 1. The van der Waals surface area contributed by atoms with E-state index in [9.17, 15) is 4.79 Å². The van der Waals surface area contributed by atoms with Gasteiger partial charge in [-0.3, -0.25) is 9.69 Å². The molecule has 4 nitrogen and oxygen atoms in total. The molecule has 5 rings (SSSR count). The lowest BCUT2D eigenvalue weighted by Crippen LogP contribution is -2.23. The van der Waals surface area contributed by atoms with Crippen molar-refractivity contribution in [3.05, 3.63) is 106 Å². The first kappa shape index (κ1) is 20.8. The minimum atomic E-state index is -0.0363. The molecule has 1 aromatic heterocycles. The van der Waals surface area contributed by atoms with Crippen molar-refractivity contribution in [3.8, 4) is 0 Å². The maximum Gasteiger partial charge on any atom is 0.266 e. The summed E-state index contributed by atoms with van der Waals surface area (Å²) >= 11 is 4.85. The van der Waals surface area contributed by atoms with Crippen molar-refractivity contribution in [1.29, 1.82) is 0 Å². The van der Waals surface area contributed by atoms with Gasteiger partial charge in [0.1, 0.15) is 0 Å². The highest BCUT2D eigenvalue weighted by Gasteiger charge is 2.30. The van der Waals surface area contributed by atoms with Crippen LogP contribution in [0.2, 0.25) is 0 Å². The van der Waals surface area contributed by atoms with Gasteiger partial charge < -0.3 is 4.57 Å². The number of halogens is 1. The molecule has 0 radical (unpaired) electrons. The first-order valence-corrected chi connectivity index (χ1v) is 11.8. The molecule has 1 fully saturated rings. The summed E-state index contributed by atoms with van der Waals surface area (Å²) in [6.45, 7) is 0.780. The molecule has 158 valence electrons. The van der Waals surface area contributed by atoms with E-state index in [-0.39, 0.29) is 5.91 Å². The minimum Gasteiger partial charge on any atom is -0.342 e. The molecule has 0 spiro atoms. The fourth-order valence-corrected chi connectivity index (χ4v) is 4.96. The average molecular weight is 502 g/mol. The summed E-state index contributed by atoms with van der Waals surface area (Å²) in [5.74, 6) is -0.0363. The van der Waals surface area contributed by atoms with E-state index in [0.29, 0.717) is 10.1 Å². The van der Waals surface area contributed by atoms with Crippen LogP contribution in [0.5, 0.6) is 0 Å². The number of benzene rings is 3. The number of thioether (sulfide) groups is 1. The predicted octanol–water partition coefficient (Wildman–Crippen LogP) is 6.69. The Bertz CT molecular complexity index is 1360. The number of likely N-dealkylation sites (N-methyl/N-ethyl adjacent to an activating group) is 1. The molecule has 32 heavy (non-hydrogen) atoms. The summed E-state index contributed by atoms with van der Waals surface area (Å²) in [6.07, 6.45) is 4.11. The lowest BCUT2D eigenvalue weighted by atomic mass is 10.1. The molecule has 0 atom stereocenters. The van der Waals surface area contributed by atoms with Crippen molar-refractivity contribution in [3.63, 3.8) is 0 Å². The van der Waals surface area contributed by atoms with E-state index < -0.39 is 0 Å². The number of hydrogen-bond donors (Lipinski definition) is 0. The summed E-state index contributed by atoms with van der Waals surface area (Å²) < 4.78 is 3.24. The van der Waals surface area contributed by atoms with E-state index in [1.54, 1.807) is 11.9 Å². The molecule has 1 saturated heterocycles. The molecular formula is C26H20BrN3OS. The van der Waals surface area contributed by atoms with Gasteiger partial charge in [-0.15, -0.1) is 0 Å². The van der Waals surface area contributed by atoms with E-state index in [0.717, 1.165) is 33.2 Å². The van der Waals surface area contributed by atoms with Crippen LogP contribution < -0.4 is 0 Å². The molecule has 3 aromatic carbocycles. The Morgan fingerprint density at radius 2 is 1.69 bits per heavy atom. The van der Waals surface area contributed by atoms with Crippen molar-refractivity contribution in [2.75, 3.05) is 7.05 Å². The number of amides is 1. The van der Waals surface area contributed by atoms with Crippen LogP contribution in [0.25, 0.3) is 17.0 Å². The fraction of sp³-hybridized carbons (Fsp3) is 0.0769. The molecule has 1 aliphatic rings. The highest BCUT2D eigenvalue weighted by molar-refractivity contribution is 9.10. The summed E-state index contributed by atoms with van der Waals surface area (Å²) in [6, 6.07) is 26.4. The lowest BCUT2D eigenvalue weighted by Gasteiger charge is -2.07. The number of rotatable bonds is 4. The fourth-order valence-electron chi connectivity index (χ4n) is 3.72. The molecule has 4 aromatic rings. The van der Waals surface area contributed by atoms with Crippen LogP contribution in [0.4, 0.5) is 5.69 Å². The summed E-state index contributed by atoms with van der Waals surface area (Å²) in [5, 5.41) is 1.81. The standard InChI is InChI=1S/C26H20BrN3OS/c1-29-25(31)24(32-26(29)28-21-13-11-20(27)12-14-21)15-19-17-30(16-18-7-3-2-4-8-18)23-10-6-5-9-22(19)23/h2-15,17H,16H2,1H3/b24-15-,28-26?. The van der Waals surface area contributed by atoms with E-state index in [1.165, 1.54) is 17.3 Å². The largest absolute Gasteiger partial charge is 0.342 e. The Labute approximate surface area is 199 Å². The van der Waals surface area contributed by atoms with Gasteiger partial charge in [0.2, 0.25) is 0 Å². The zero-order valence-electron chi connectivity index (χ0n) is 17.4. The number of aromatic nitrogens is 1. The molecule has 1 aliphatic heterocycles. The Morgan fingerprint density at radius 3 is 2.47 bits per heavy atom. The topological polar surface area (TPSA) is 37.6 Å². The first-order valence-electron chi connectivity index (χ1n) is 10.2. The first-order chi connectivity index (χ1) is 15.6. The summed E-state index contributed by atoms with van der Waals surface area (Å²) in [7, 11) is 1.77. The summed E-state index contributed by atoms with van der Waals surface area (Å²) in [4.78, 5) is 19.9. The van der Waals surface area contributed by atoms with E-state index >= 15 is 0 Å². The Balaban J connectivity index is 1.50. The number of carbonyl (C=O) groups excluding carboxylic acids is 1. The normalized spacial score (nSPS) is 16.6. The van der Waals surface area contributed by atoms with Crippen molar-refractivity contribution in [2.24, 2.45) is 4.99 Å². The zero-order valence-corrected chi connectivity index (χ0v) is 19.8. The maximum atomic E-state index is 12.9. The van der Waals surface area contributed by atoms with Gasteiger partial charge in [0, 0.05) is 40.7 Å². The SMILES string of the molecule is CN1C(=O)/C(=C/c2cn(Cc3ccccc3)c3ccccc23)SC1=Nc1ccc(Br)cc1. The third-order valence-corrected chi connectivity index (χ3v) is 6.95. The zero-order chi connectivity index (χ0) is 22.1. The quantitative estimate of drug-likeness (QED) is 0.292. The minimum absolute atomic E-state index is 0.0363. The van der Waals surface area contributed by atoms with Gasteiger partial charge in [-0.1, -0.05) is 64.5 Å². The molecule has 0 N–H and O–H groups in total. The second-order valence-electron chi connectivity index (χ2n) is 7.56. The maximum absolute atomic E-state index is 12.9. The van der Waals surface area contributed by atoms with Crippen LogP contribution >= 0.6 is 27.7 Å². The summed E-state index contributed by atoms with van der Waals surface area (Å²) in [5.41, 5.74) is 4.24.